The first kappa shape index (κ1) is 21.2. The lowest BCUT2D eigenvalue weighted by atomic mass is 10.0. The number of anilines is 1. The summed E-state index contributed by atoms with van der Waals surface area (Å²) >= 11 is 6.21. The van der Waals surface area contributed by atoms with Crippen molar-refractivity contribution in [1.29, 1.82) is 0 Å². The summed E-state index contributed by atoms with van der Waals surface area (Å²) in [7, 11) is 0. The maximum atomic E-state index is 13.3. The number of carbonyl (C=O) groups excluding carboxylic acids is 2. The zero-order valence-electron chi connectivity index (χ0n) is 16.9. The molecule has 1 aromatic heterocycles. The fourth-order valence-electron chi connectivity index (χ4n) is 3.40. The normalized spacial score (nSPS) is 13.6. The van der Waals surface area contributed by atoms with Crippen LogP contribution in [-0.2, 0) is 16.1 Å². The van der Waals surface area contributed by atoms with E-state index in [1.54, 1.807) is 49.6 Å². The van der Waals surface area contributed by atoms with Crippen LogP contribution in [0.4, 0.5) is 11.4 Å². The molecular weight excluding hydrogens is 432 g/mol. The predicted molar refractivity (Wildman–Crippen MR) is 120 cm³/mol. The second-order valence-electron chi connectivity index (χ2n) is 7.15. The summed E-state index contributed by atoms with van der Waals surface area (Å²) < 4.78 is 0. The summed E-state index contributed by atoms with van der Waals surface area (Å²) in [4.78, 5) is 42.3. The molecule has 2 aromatic carbocycles. The first-order valence-corrected chi connectivity index (χ1v) is 10.0. The summed E-state index contributed by atoms with van der Waals surface area (Å²) in [5.74, 6) is -1.01. The number of non-ortho nitro benzene ring substituents is 1. The van der Waals surface area contributed by atoms with Crippen LogP contribution in [0.3, 0.4) is 0 Å². The largest absolute Gasteiger partial charge is 0.350 e. The highest BCUT2D eigenvalue weighted by molar-refractivity contribution is 6.36. The van der Waals surface area contributed by atoms with Gasteiger partial charge in [-0.3, -0.25) is 29.6 Å². The van der Waals surface area contributed by atoms with Crippen LogP contribution < -0.4 is 5.32 Å². The number of aromatic nitrogens is 1. The Labute approximate surface area is 188 Å². The molecule has 32 heavy (non-hydrogen) atoms. The van der Waals surface area contributed by atoms with Crippen molar-refractivity contribution in [2.75, 3.05) is 5.32 Å². The Kier molecular flexibility index (Phi) is 5.70. The molecule has 2 amide bonds. The van der Waals surface area contributed by atoms with Crippen molar-refractivity contribution in [3.05, 3.63) is 105 Å². The number of carbonyl (C=O) groups is 2. The SMILES string of the molecule is Cc1c(Cl)cccc1NC1=C(c2ccc([N+](=O)[O-])cc2)C(=O)N(Cc2cccnc2)C1=O. The van der Waals surface area contributed by atoms with Crippen molar-refractivity contribution in [3.8, 4) is 0 Å². The Bertz CT molecular complexity index is 1260. The van der Waals surface area contributed by atoms with Crippen LogP contribution in [0, 0.1) is 17.0 Å². The molecule has 0 bridgehead atoms. The Balaban J connectivity index is 1.78. The average Bonchev–Trinajstić information content (AvgIpc) is 3.02. The number of nitro benzene ring substituents is 1. The molecule has 8 nitrogen and oxygen atoms in total. The number of imide groups is 1. The summed E-state index contributed by atoms with van der Waals surface area (Å²) in [6, 6.07) is 14.2. The molecule has 1 aliphatic heterocycles. The molecule has 3 aromatic rings. The van der Waals surface area contributed by atoms with E-state index in [1.807, 2.05) is 0 Å². The molecule has 0 aliphatic carbocycles. The van der Waals surface area contributed by atoms with Gasteiger partial charge in [0.15, 0.2) is 0 Å². The van der Waals surface area contributed by atoms with E-state index in [9.17, 15) is 19.7 Å². The molecule has 1 N–H and O–H groups in total. The van der Waals surface area contributed by atoms with Gasteiger partial charge in [-0.25, -0.2) is 0 Å². The molecular formula is C23H17ClN4O4. The minimum Gasteiger partial charge on any atom is -0.350 e. The van der Waals surface area contributed by atoms with Crippen molar-refractivity contribution in [1.82, 2.24) is 9.88 Å². The summed E-state index contributed by atoms with van der Waals surface area (Å²) in [5.41, 5.74) is 2.49. The Hall–Kier alpha value is -4.04. The Morgan fingerprint density at radius 1 is 1.06 bits per heavy atom. The summed E-state index contributed by atoms with van der Waals surface area (Å²) in [6.45, 7) is 1.84. The maximum absolute atomic E-state index is 13.3. The fourth-order valence-corrected chi connectivity index (χ4v) is 3.58. The van der Waals surface area contributed by atoms with Crippen molar-refractivity contribution in [2.45, 2.75) is 13.5 Å². The predicted octanol–water partition coefficient (Wildman–Crippen LogP) is 4.34. The lowest BCUT2D eigenvalue weighted by Gasteiger charge is -2.15. The van der Waals surface area contributed by atoms with Gasteiger partial charge in [0, 0.05) is 35.2 Å². The molecule has 0 saturated carbocycles. The van der Waals surface area contributed by atoms with Gasteiger partial charge in [-0.2, -0.15) is 0 Å². The van der Waals surface area contributed by atoms with Gasteiger partial charge in [-0.15, -0.1) is 0 Å². The third kappa shape index (κ3) is 3.95. The van der Waals surface area contributed by atoms with Crippen LogP contribution >= 0.6 is 11.6 Å². The molecule has 0 unspecified atom stereocenters. The van der Waals surface area contributed by atoms with Gasteiger partial charge in [0.2, 0.25) is 0 Å². The molecule has 1 aliphatic rings. The van der Waals surface area contributed by atoms with E-state index in [4.69, 9.17) is 11.6 Å². The molecule has 2 heterocycles. The highest BCUT2D eigenvalue weighted by Crippen LogP contribution is 2.34. The Morgan fingerprint density at radius 2 is 1.81 bits per heavy atom. The first-order chi connectivity index (χ1) is 15.4. The highest BCUT2D eigenvalue weighted by Gasteiger charge is 2.39. The smallest absolute Gasteiger partial charge is 0.278 e. The molecule has 0 atom stereocenters. The number of hydrogen-bond acceptors (Lipinski definition) is 6. The lowest BCUT2D eigenvalue weighted by molar-refractivity contribution is -0.384. The standard InChI is InChI=1S/C23H17ClN4O4/c1-14-18(24)5-2-6-19(14)26-21-20(16-7-9-17(10-8-16)28(31)32)22(29)27(23(21)30)13-15-4-3-11-25-12-15/h2-12,26H,13H2,1H3. The van der Waals surface area contributed by atoms with E-state index in [0.717, 1.165) is 10.5 Å². The highest BCUT2D eigenvalue weighted by atomic mass is 35.5. The van der Waals surface area contributed by atoms with Gasteiger partial charge in [-0.1, -0.05) is 23.7 Å². The van der Waals surface area contributed by atoms with Crippen molar-refractivity contribution < 1.29 is 14.5 Å². The first-order valence-electron chi connectivity index (χ1n) is 9.63. The quantitative estimate of drug-likeness (QED) is 0.341. The molecule has 0 spiro atoms. The zero-order valence-corrected chi connectivity index (χ0v) is 17.7. The second-order valence-corrected chi connectivity index (χ2v) is 7.56. The monoisotopic (exact) mass is 448 g/mol. The minimum absolute atomic E-state index is 0.0433. The number of nitrogens with one attached hydrogen (secondary N) is 1. The van der Waals surface area contributed by atoms with Crippen LogP contribution in [0.15, 0.2) is 72.7 Å². The number of nitro groups is 1. The second kappa shape index (κ2) is 8.60. The van der Waals surface area contributed by atoms with Crippen molar-refractivity contribution in [3.63, 3.8) is 0 Å². The van der Waals surface area contributed by atoms with Crippen LogP contribution in [0.2, 0.25) is 5.02 Å². The molecule has 0 fully saturated rings. The average molecular weight is 449 g/mol. The van der Waals surface area contributed by atoms with E-state index in [0.29, 0.717) is 21.8 Å². The van der Waals surface area contributed by atoms with Gasteiger partial charge >= 0.3 is 0 Å². The number of pyridine rings is 1. The number of nitrogens with zero attached hydrogens (tertiary/aromatic N) is 3. The van der Waals surface area contributed by atoms with Crippen molar-refractivity contribution in [2.24, 2.45) is 0 Å². The van der Waals surface area contributed by atoms with Crippen LogP contribution in [0.25, 0.3) is 5.57 Å². The number of benzene rings is 2. The van der Waals surface area contributed by atoms with E-state index in [-0.39, 0.29) is 23.5 Å². The molecule has 160 valence electrons. The van der Waals surface area contributed by atoms with Gasteiger partial charge in [0.25, 0.3) is 17.5 Å². The third-order valence-corrected chi connectivity index (χ3v) is 5.54. The third-order valence-electron chi connectivity index (χ3n) is 5.13. The Morgan fingerprint density at radius 3 is 2.47 bits per heavy atom. The number of amides is 2. The van der Waals surface area contributed by atoms with Crippen LogP contribution in [-0.4, -0.2) is 26.6 Å². The van der Waals surface area contributed by atoms with E-state index in [2.05, 4.69) is 10.3 Å². The van der Waals surface area contributed by atoms with Crippen LogP contribution in [0.5, 0.6) is 0 Å². The van der Waals surface area contributed by atoms with Gasteiger partial charge in [0.05, 0.1) is 17.0 Å². The van der Waals surface area contributed by atoms with Crippen LogP contribution in [0.1, 0.15) is 16.7 Å². The number of halogens is 1. The molecule has 4 rings (SSSR count). The van der Waals surface area contributed by atoms with E-state index in [1.165, 1.54) is 24.3 Å². The van der Waals surface area contributed by atoms with Crippen molar-refractivity contribution >= 4 is 40.4 Å². The maximum Gasteiger partial charge on any atom is 0.278 e. The number of rotatable bonds is 6. The fraction of sp³-hybridized carbons (Fsp3) is 0.0870. The number of hydrogen-bond donors (Lipinski definition) is 1. The molecule has 0 radical (unpaired) electrons. The molecule has 0 saturated heterocycles. The van der Waals surface area contributed by atoms with Gasteiger partial charge in [-0.05, 0) is 53.9 Å². The van der Waals surface area contributed by atoms with Gasteiger partial charge in [0.1, 0.15) is 5.70 Å². The van der Waals surface area contributed by atoms with E-state index >= 15 is 0 Å². The van der Waals surface area contributed by atoms with E-state index < -0.39 is 16.7 Å². The van der Waals surface area contributed by atoms with Gasteiger partial charge < -0.3 is 5.32 Å². The topological polar surface area (TPSA) is 105 Å². The lowest BCUT2D eigenvalue weighted by Crippen LogP contribution is -2.32. The summed E-state index contributed by atoms with van der Waals surface area (Å²) in [5, 5.41) is 14.6. The zero-order chi connectivity index (χ0) is 22.8. The molecule has 9 heteroatoms. The summed E-state index contributed by atoms with van der Waals surface area (Å²) in [6.07, 6.45) is 3.19. The minimum atomic E-state index is -0.525.